The monoisotopic (exact) mass is 382 g/mol. The molecule has 4 N–H and O–H groups in total. The molecule has 8 heteroatoms. The number of carbonyl (C=O) groups excluding carboxylic acids is 3. The number of amides is 3. The summed E-state index contributed by atoms with van der Waals surface area (Å²) >= 11 is 1.22. The van der Waals surface area contributed by atoms with Crippen molar-refractivity contribution in [3.63, 3.8) is 0 Å². The van der Waals surface area contributed by atoms with E-state index in [1.54, 1.807) is 11.4 Å². The van der Waals surface area contributed by atoms with Crippen molar-refractivity contribution in [2.75, 3.05) is 11.9 Å². The lowest BCUT2D eigenvalue weighted by atomic mass is 10.1. The van der Waals surface area contributed by atoms with E-state index in [2.05, 4.69) is 15.6 Å². The summed E-state index contributed by atoms with van der Waals surface area (Å²) in [4.78, 5) is 39.1. The maximum Gasteiger partial charge on any atom is 0.251 e. The van der Waals surface area contributed by atoms with Gasteiger partial charge in [-0.1, -0.05) is 30.3 Å². The molecule has 2 aromatic carbocycles. The van der Waals surface area contributed by atoms with E-state index in [0.717, 1.165) is 10.8 Å². The number of nitrogens with zero attached hydrogens (tertiary/aromatic N) is 1. The normalized spacial score (nSPS) is 10.5. The van der Waals surface area contributed by atoms with Crippen molar-refractivity contribution in [2.45, 2.75) is 12.8 Å². The van der Waals surface area contributed by atoms with Crippen LogP contribution in [0.3, 0.4) is 0 Å². The van der Waals surface area contributed by atoms with Crippen LogP contribution in [0, 0.1) is 0 Å². The Hall–Kier alpha value is -3.26. The number of anilines is 1. The van der Waals surface area contributed by atoms with Gasteiger partial charge >= 0.3 is 0 Å². The Bertz CT molecular complexity index is 999. The van der Waals surface area contributed by atoms with Crippen molar-refractivity contribution in [3.8, 4) is 0 Å². The molecule has 3 amide bonds. The van der Waals surface area contributed by atoms with Crippen molar-refractivity contribution >= 4 is 45.0 Å². The molecule has 138 valence electrons. The predicted octanol–water partition coefficient (Wildman–Crippen LogP) is 2.08. The molecule has 0 bridgehead atoms. The van der Waals surface area contributed by atoms with Crippen molar-refractivity contribution in [3.05, 3.63) is 59.1 Å². The number of nitrogens with one attached hydrogen (secondary N) is 2. The summed E-state index contributed by atoms with van der Waals surface area (Å²) in [5.74, 6) is -0.977. The molecule has 0 aliphatic rings. The van der Waals surface area contributed by atoms with Crippen LogP contribution >= 0.6 is 11.3 Å². The van der Waals surface area contributed by atoms with E-state index >= 15 is 0 Å². The predicted molar refractivity (Wildman–Crippen MR) is 105 cm³/mol. The summed E-state index contributed by atoms with van der Waals surface area (Å²) in [6.07, 6.45) is 0.151. The van der Waals surface area contributed by atoms with Crippen molar-refractivity contribution in [2.24, 2.45) is 5.73 Å². The number of benzene rings is 2. The van der Waals surface area contributed by atoms with E-state index in [1.807, 2.05) is 36.4 Å². The molecule has 3 aromatic rings. The van der Waals surface area contributed by atoms with Gasteiger partial charge in [-0.3, -0.25) is 14.4 Å². The lowest BCUT2D eigenvalue weighted by molar-refractivity contribution is -0.117. The van der Waals surface area contributed by atoms with Crippen LogP contribution in [0.15, 0.2) is 47.8 Å². The summed E-state index contributed by atoms with van der Waals surface area (Å²) in [7, 11) is 0. The fraction of sp³-hybridized carbons (Fsp3) is 0.158. The van der Waals surface area contributed by atoms with E-state index < -0.39 is 5.91 Å². The zero-order valence-corrected chi connectivity index (χ0v) is 15.2. The number of fused-ring (bicyclic) bond motifs is 1. The van der Waals surface area contributed by atoms with Gasteiger partial charge in [-0.15, -0.1) is 11.3 Å². The van der Waals surface area contributed by atoms with Gasteiger partial charge in [0.05, 0.1) is 12.1 Å². The van der Waals surface area contributed by atoms with Crippen LogP contribution in [0.1, 0.15) is 22.5 Å². The largest absolute Gasteiger partial charge is 0.369 e. The van der Waals surface area contributed by atoms with Crippen LogP contribution in [-0.4, -0.2) is 29.3 Å². The molecule has 0 unspecified atom stereocenters. The third kappa shape index (κ3) is 5.11. The molecule has 0 saturated carbocycles. The number of aromatic nitrogens is 1. The van der Waals surface area contributed by atoms with E-state index in [4.69, 9.17) is 5.73 Å². The summed E-state index contributed by atoms with van der Waals surface area (Å²) in [6, 6.07) is 13.3. The van der Waals surface area contributed by atoms with Gasteiger partial charge in [0.1, 0.15) is 0 Å². The third-order valence-corrected chi connectivity index (χ3v) is 4.61. The number of hydrogen-bond donors (Lipinski definition) is 3. The Balaban J connectivity index is 1.48. The topological polar surface area (TPSA) is 114 Å². The van der Waals surface area contributed by atoms with Crippen LogP contribution in [-0.2, 0) is 16.0 Å². The van der Waals surface area contributed by atoms with E-state index in [1.165, 1.54) is 11.3 Å². The van der Waals surface area contributed by atoms with Crippen molar-refractivity contribution in [1.82, 2.24) is 10.3 Å². The van der Waals surface area contributed by atoms with Crippen LogP contribution in [0.5, 0.6) is 0 Å². The Labute approximate surface area is 159 Å². The SMILES string of the molecule is NC(=O)Cc1csc(NC(=O)CCNC(=O)c2ccc3ccccc3c2)n1. The van der Waals surface area contributed by atoms with Gasteiger partial charge in [-0.2, -0.15) is 0 Å². The van der Waals surface area contributed by atoms with Gasteiger partial charge < -0.3 is 16.4 Å². The highest BCUT2D eigenvalue weighted by atomic mass is 32.1. The quantitative estimate of drug-likeness (QED) is 0.580. The fourth-order valence-electron chi connectivity index (χ4n) is 2.53. The Morgan fingerprint density at radius 2 is 1.85 bits per heavy atom. The molecular formula is C19H18N4O3S. The van der Waals surface area contributed by atoms with Gasteiger partial charge in [-0.25, -0.2) is 4.98 Å². The highest BCUT2D eigenvalue weighted by Crippen LogP contribution is 2.16. The van der Waals surface area contributed by atoms with Crippen LogP contribution in [0.2, 0.25) is 0 Å². The number of hydrogen-bond acceptors (Lipinski definition) is 5. The first-order valence-electron chi connectivity index (χ1n) is 8.31. The zero-order valence-electron chi connectivity index (χ0n) is 14.4. The average molecular weight is 382 g/mol. The molecule has 7 nitrogen and oxygen atoms in total. The minimum atomic E-state index is -0.477. The van der Waals surface area contributed by atoms with Gasteiger partial charge in [0.2, 0.25) is 11.8 Å². The number of carbonyl (C=O) groups is 3. The van der Waals surface area contributed by atoms with Gasteiger partial charge in [0.25, 0.3) is 5.91 Å². The molecule has 0 atom stereocenters. The van der Waals surface area contributed by atoms with Crippen molar-refractivity contribution in [1.29, 1.82) is 0 Å². The molecule has 27 heavy (non-hydrogen) atoms. The minimum absolute atomic E-state index is 0.0359. The molecule has 1 aromatic heterocycles. The maximum absolute atomic E-state index is 12.2. The first-order chi connectivity index (χ1) is 13.0. The van der Waals surface area contributed by atoms with E-state index in [-0.39, 0.29) is 31.2 Å². The second-order valence-corrected chi connectivity index (χ2v) is 6.76. The van der Waals surface area contributed by atoms with E-state index in [9.17, 15) is 14.4 Å². The standard InChI is InChI=1S/C19H18N4O3S/c20-16(24)10-15-11-27-19(22-15)23-17(25)7-8-21-18(26)14-6-5-12-3-1-2-4-13(12)9-14/h1-6,9,11H,7-8,10H2,(H2,20,24)(H,21,26)(H,22,23,25). The van der Waals surface area contributed by atoms with Crippen LogP contribution in [0.4, 0.5) is 5.13 Å². The second kappa shape index (κ2) is 8.41. The first kappa shape index (κ1) is 18.5. The molecule has 0 spiro atoms. The van der Waals surface area contributed by atoms with E-state index in [0.29, 0.717) is 16.4 Å². The molecule has 3 rings (SSSR count). The number of thiazole rings is 1. The molecule has 0 radical (unpaired) electrons. The highest BCUT2D eigenvalue weighted by Gasteiger charge is 2.10. The minimum Gasteiger partial charge on any atom is -0.369 e. The van der Waals surface area contributed by atoms with Crippen LogP contribution in [0.25, 0.3) is 10.8 Å². The number of rotatable bonds is 7. The Kier molecular flexibility index (Phi) is 5.77. The zero-order chi connectivity index (χ0) is 19.2. The highest BCUT2D eigenvalue weighted by molar-refractivity contribution is 7.13. The third-order valence-electron chi connectivity index (χ3n) is 3.80. The first-order valence-corrected chi connectivity index (χ1v) is 9.19. The second-order valence-electron chi connectivity index (χ2n) is 5.90. The Morgan fingerprint density at radius 3 is 2.63 bits per heavy atom. The number of nitrogens with two attached hydrogens (primary N) is 1. The molecule has 0 aliphatic carbocycles. The number of primary amides is 1. The average Bonchev–Trinajstić information content (AvgIpc) is 3.07. The lowest BCUT2D eigenvalue weighted by Crippen LogP contribution is -2.27. The lowest BCUT2D eigenvalue weighted by Gasteiger charge is -2.06. The van der Waals surface area contributed by atoms with Crippen LogP contribution < -0.4 is 16.4 Å². The van der Waals surface area contributed by atoms with Gasteiger partial charge in [0, 0.05) is 23.9 Å². The molecule has 0 saturated heterocycles. The summed E-state index contributed by atoms with van der Waals surface area (Å²) in [6.45, 7) is 0.205. The molecule has 0 aliphatic heterocycles. The molecule has 0 fully saturated rings. The summed E-state index contributed by atoms with van der Waals surface area (Å²) < 4.78 is 0. The molecular weight excluding hydrogens is 364 g/mol. The van der Waals surface area contributed by atoms with Gasteiger partial charge in [-0.05, 0) is 22.9 Å². The maximum atomic E-state index is 12.2. The molecule has 1 heterocycles. The summed E-state index contributed by atoms with van der Waals surface area (Å²) in [5.41, 5.74) is 6.17. The van der Waals surface area contributed by atoms with Crippen molar-refractivity contribution < 1.29 is 14.4 Å². The van der Waals surface area contributed by atoms with Gasteiger partial charge in [0.15, 0.2) is 5.13 Å². The smallest absolute Gasteiger partial charge is 0.251 e. The Morgan fingerprint density at radius 1 is 1.07 bits per heavy atom. The summed E-state index contributed by atoms with van der Waals surface area (Å²) in [5, 5.41) is 9.49. The fourth-order valence-corrected chi connectivity index (χ4v) is 3.25.